The molecule has 0 radical (unpaired) electrons. The van der Waals surface area contributed by atoms with E-state index in [-0.39, 0.29) is 5.91 Å². The average molecular weight is 247 g/mol. The predicted octanol–water partition coefficient (Wildman–Crippen LogP) is 0.953. The number of amides is 1. The molecule has 1 atom stereocenters. The zero-order valence-corrected chi connectivity index (χ0v) is 10.8. The number of fused-ring (bicyclic) bond motifs is 1. The second-order valence-corrected chi connectivity index (χ2v) is 4.31. The van der Waals surface area contributed by atoms with Gasteiger partial charge in [-0.05, 0) is 19.4 Å². The van der Waals surface area contributed by atoms with Crippen molar-refractivity contribution in [3.8, 4) is 0 Å². The molecule has 2 heterocycles. The molecule has 6 nitrogen and oxygen atoms in total. The highest BCUT2D eigenvalue weighted by atomic mass is 16.2. The van der Waals surface area contributed by atoms with Crippen molar-refractivity contribution in [2.24, 2.45) is 12.8 Å². The maximum Gasteiger partial charge on any atom is 0.241 e. The molecule has 0 aliphatic carbocycles. The molecule has 96 valence electrons. The predicted molar refractivity (Wildman–Crippen MR) is 70.1 cm³/mol. The zero-order chi connectivity index (χ0) is 13.3. The Morgan fingerprint density at radius 3 is 3.00 bits per heavy atom. The van der Waals surface area contributed by atoms with E-state index < -0.39 is 6.04 Å². The third-order valence-corrected chi connectivity index (χ3v) is 2.91. The molecule has 0 aromatic carbocycles. The van der Waals surface area contributed by atoms with Gasteiger partial charge in [-0.25, -0.2) is 4.98 Å². The number of nitrogens with zero attached hydrogens (tertiary/aromatic N) is 3. The Kier molecular flexibility index (Phi) is 3.29. The average Bonchev–Trinajstić information content (AvgIpc) is 2.63. The molecule has 0 bridgehead atoms. The van der Waals surface area contributed by atoms with Crippen molar-refractivity contribution in [3.63, 3.8) is 0 Å². The second-order valence-electron chi connectivity index (χ2n) is 4.31. The van der Waals surface area contributed by atoms with E-state index in [1.807, 2.05) is 27.0 Å². The summed E-state index contributed by atoms with van der Waals surface area (Å²) in [4.78, 5) is 16.0. The number of carbonyl (C=O) groups is 1. The third kappa shape index (κ3) is 2.19. The maximum absolute atomic E-state index is 11.7. The number of rotatable bonds is 3. The van der Waals surface area contributed by atoms with Crippen molar-refractivity contribution in [2.45, 2.75) is 26.3 Å². The van der Waals surface area contributed by atoms with E-state index in [4.69, 9.17) is 5.73 Å². The van der Waals surface area contributed by atoms with Crippen LogP contribution in [0, 0.1) is 6.92 Å². The van der Waals surface area contributed by atoms with Crippen LogP contribution in [-0.4, -0.2) is 26.7 Å². The molecule has 0 saturated carbocycles. The van der Waals surface area contributed by atoms with Gasteiger partial charge in [-0.3, -0.25) is 9.48 Å². The molecule has 6 heteroatoms. The summed E-state index contributed by atoms with van der Waals surface area (Å²) in [6, 6.07) is 1.38. The van der Waals surface area contributed by atoms with Crippen molar-refractivity contribution in [2.75, 3.05) is 5.32 Å². The van der Waals surface area contributed by atoms with Crippen molar-refractivity contribution in [1.29, 1.82) is 0 Å². The molecule has 0 unspecified atom stereocenters. The van der Waals surface area contributed by atoms with Crippen LogP contribution >= 0.6 is 0 Å². The van der Waals surface area contributed by atoms with Crippen LogP contribution in [0.25, 0.3) is 11.0 Å². The Balaban J connectivity index is 2.30. The van der Waals surface area contributed by atoms with Gasteiger partial charge in [0.05, 0.1) is 23.6 Å². The topological polar surface area (TPSA) is 85.8 Å². The van der Waals surface area contributed by atoms with E-state index in [0.717, 1.165) is 16.7 Å². The van der Waals surface area contributed by atoms with E-state index in [2.05, 4.69) is 15.4 Å². The fourth-order valence-electron chi connectivity index (χ4n) is 1.80. The summed E-state index contributed by atoms with van der Waals surface area (Å²) in [5.41, 5.74) is 7.99. The number of aromatic nitrogens is 3. The number of anilines is 1. The minimum atomic E-state index is -0.490. The first kappa shape index (κ1) is 12.5. The van der Waals surface area contributed by atoms with Crippen molar-refractivity contribution < 1.29 is 4.79 Å². The molecule has 2 rings (SSSR count). The lowest BCUT2D eigenvalue weighted by Crippen LogP contribution is -2.34. The number of hydrogen-bond donors (Lipinski definition) is 2. The van der Waals surface area contributed by atoms with Crippen LogP contribution in [0.5, 0.6) is 0 Å². The highest BCUT2D eigenvalue weighted by Gasteiger charge is 2.12. The number of aryl methyl sites for hydroxylation is 2. The summed E-state index contributed by atoms with van der Waals surface area (Å²) >= 11 is 0. The van der Waals surface area contributed by atoms with Crippen LogP contribution in [-0.2, 0) is 11.8 Å². The van der Waals surface area contributed by atoms with Gasteiger partial charge < -0.3 is 11.1 Å². The quantitative estimate of drug-likeness (QED) is 0.845. The summed E-state index contributed by atoms with van der Waals surface area (Å²) < 4.78 is 1.72. The SMILES string of the molecule is CC[C@@H](N)C(=O)Nc1cnc2c(c1)c(C)nn2C. The molecular weight excluding hydrogens is 230 g/mol. The molecular formula is C12H17N5O. The number of carbonyl (C=O) groups excluding carboxylic acids is 1. The van der Waals surface area contributed by atoms with Crippen molar-refractivity contribution in [1.82, 2.24) is 14.8 Å². The van der Waals surface area contributed by atoms with Crippen molar-refractivity contribution in [3.05, 3.63) is 18.0 Å². The normalized spacial score (nSPS) is 12.7. The molecule has 1 amide bonds. The van der Waals surface area contributed by atoms with Crippen LogP contribution in [0.15, 0.2) is 12.3 Å². The van der Waals surface area contributed by atoms with Crippen LogP contribution in [0.3, 0.4) is 0 Å². The zero-order valence-electron chi connectivity index (χ0n) is 10.8. The molecule has 18 heavy (non-hydrogen) atoms. The minimum absolute atomic E-state index is 0.194. The molecule has 3 N–H and O–H groups in total. The molecule has 0 aliphatic rings. The van der Waals surface area contributed by atoms with Crippen LogP contribution in [0.4, 0.5) is 5.69 Å². The van der Waals surface area contributed by atoms with Gasteiger partial charge in [0.2, 0.25) is 5.91 Å². The standard InChI is InChI=1S/C12H17N5O/c1-4-10(13)12(18)15-8-5-9-7(2)16-17(3)11(9)14-6-8/h5-6,10H,4,13H2,1-3H3,(H,15,18)/t10-/m1/s1. The third-order valence-electron chi connectivity index (χ3n) is 2.91. The highest BCUT2D eigenvalue weighted by molar-refractivity contribution is 5.96. The van der Waals surface area contributed by atoms with Crippen molar-refractivity contribution >= 4 is 22.6 Å². The molecule has 0 fully saturated rings. The smallest absolute Gasteiger partial charge is 0.241 e. The Morgan fingerprint density at radius 1 is 1.61 bits per heavy atom. The molecule has 0 aliphatic heterocycles. The van der Waals surface area contributed by atoms with Gasteiger partial charge in [0, 0.05) is 12.4 Å². The van der Waals surface area contributed by atoms with E-state index in [1.165, 1.54) is 0 Å². The summed E-state index contributed by atoms with van der Waals surface area (Å²) in [5, 5.41) is 7.97. The van der Waals surface area contributed by atoms with Gasteiger partial charge in [0.1, 0.15) is 0 Å². The second kappa shape index (κ2) is 4.73. The first-order valence-electron chi connectivity index (χ1n) is 5.88. The van der Waals surface area contributed by atoms with Gasteiger partial charge in [-0.15, -0.1) is 0 Å². The fraction of sp³-hybridized carbons (Fsp3) is 0.417. The Morgan fingerprint density at radius 2 is 2.33 bits per heavy atom. The van der Waals surface area contributed by atoms with Gasteiger partial charge in [0.15, 0.2) is 5.65 Å². The lowest BCUT2D eigenvalue weighted by Gasteiger charge is -2.09. The number of nitrogens with two attached hydrogens (primary N) is 1. The minimum Gasteiger partial charge on any atom is -0.323 e. The van der Waals surface area contributed by atoms with Gasteiger partial charge >= 0.3 is 0 Å². The van der Waals surface area contributed by atoms with E-state index >= 15 is 0 Å². The maximum atomic E-state index is 11.7. The molecule has 2 aromatic heterocycles. The first-order chi connectivity index (χ1) is 8.52. The lowest BCUT2D eigenvalue weighted by atomic mass is 10.2. The summed E-state index contributed by atoms with van der Waals surface area (Å²) in [5.74, 6) is -0.194. The van der Waals surface area contributed by atoms with Crippen LogP contribution in [0.1, 0.15) is 19.0 Å². The van der Waals surface area contributed by atoms with E-state index in [1.54, 1.807) is 10.9 Å². The Hall–Kier alpha value is -1.95. The largest absolute Gasteiger partial charge is 0.323 e. The first-order valence-corrected chi connectivity index (χ1v) is 5.88. The van der Waals surface area contributed by atoms with Crippen LogP contribution < -0.4 is 11.1 Å². The number of nitrogens with one attached hydrogen (secondary N) is 1. The van der Waals surface area contributed by atoms with E-state index in [9.17, 15) is 4.79 Å². The Bertz CT molecular complexity index is 589. The molecule has 0 spiro atoms. The lowest BCUT2D eigenvalue weighted by molar-refractivity contribution is -0.117. The fourth-order valence-corrected chi connectivity index (χ4v) is 1.80. The highest BCUT2D eigenvalue weighted by Crippen LogP contribution is 2.19. The molecule has 0 saturated heterocycles. The summed E-state index contributed by atoms with van der Waals surface area (Å²) in [7, 11) is 1.84. The number of pyridine rings is 1. The Labute approximate surface area is 105 Å². The number of hydrogen-bond acceptors (Lipinski definition) is 4. The van der Waals surface area contributed by atoms with Crippen LogP contribution in [0.2, 0.25) is 0 Å². The monoisotopic (exact) mass is 247 g/mol. The summed E-state index contributed by atoms with van der Waals surface area (Å²) in [6.07, 6.45) is 2.22. The van der Waals surface area contributed by atoms with Gasteiger partial charge in [-0.2, -0.15) is 5.10 Å². The van der Waals surface area contributed by atoms with E-state index in [0.29, 0.717) is 12.1 Å². The summed E-state index contributed by atoms with van der Waals surface area (Å²) in [6.45, 7) is 3.78. The van der Waals surface area contributed by atoms with Gasteiger partial charge in [-0.1, -0.05) is 6.92 Å². The van der Waals surface area contributed by atoms with Gasteiger partial charge in [0.25, 0.3) is 0 Å². The molecule has 2 aromatic rings.